The molecular formula is C23H20BrNO. The Bertz CT molecular complexity index is 891. The Kier molecular flexibility index (Phi) is 3.87. The minimum Gasteiger partial charge on any atom is -0.264 e. The summed E-state index contributed by atoms with van der Waals surface area (Å²) < 4.78 is 1.11. The Morgan fingerprint density at radius 1 is 0.769 bits per heavy atom. The lowest BCUT2D eigenvalue weighted by Gasteiger charge is -2.27. The Morgan fingerprint density at radius 3 is 2.00 bits per heavy atom. The molecule has 3 aromatic carbocycles. The third-order valence-corrected chi connectivity index (χ3v) is 6.17. The highest BCUT2D eigenvalue weighted by atomic mass is 79.9. The average molecular weight is 406 g/mol. The van der Waals surface area contributed by atoms with Crippen LogP contribution in [-0.4, -0.2) is 0 Å². The molecule has 2 nitrogen and oxygen atoms in total. The molecule has 1 heterocycles. The zero-order valence-electron chi connectivity index (χ0n) is 14.4. The molecule has 0 unspecified atom stereocenters. The first-order chi connectivity index (χ1) is 12.8. The summed E-state index contributed by atoms with van der Waals surface area (Å²) >= 11 is 3.56. The maximum absolute atomic E-state index is 6.63. The lowest BCUT2D eigenvalue weighted by Crippen LogP contribution is -2.24. The fourth-order valence-corrected chi connectivity index (χ4v) is 4.52. The van der Waals surface area contributed by atoms with Crippen LogP contribution in [0.4, 0.5) is 5.69 Å². The molecule has 0 N–H and O–H groups in total. The molecule has 0 radical (unpaired) electrons. The van der Waals surface area contributed by atoms with Gasteiger partial charge < -0.3 is 0 Å². The van der Waals surface area contributed by atoms with Gasteiger partial charge in [0, 0.05) is 9.89 Å². The number of rotatable bonds is 3. The summed E-state index contributed by atoms with van der Waals surface area (Å²) in [6, 6.07) is 30.1. The first-order valence-electron chi connectivity index (χ1n) is 9.09. The zero-order chi connectivity index (χ0) is 17.6. The molecule has 130 valence electrons. The van der Waals surface area contributed by atoms with Gasteiger partial charge in [0.25, 0.3) is 0 Å². The lowest BCUT2D eigenvalue weighted by atomic mass is 9.83. The predicted molar refractivity (Wildman–Crippen MR) is 108 cm³/mol. The van der Waals surface area contributed by atoms with Crippen molar-refractivity contribution in [1.29, 1.82) is 0 Å². The zero-order valence-corrected chi connectivity index (χ0v) is 16.0. The van der Waals surface area contributed by atoms with Crippen LogP contribution in [0.25, 0.3) is 0 Å². The largest absolute Gasteiger partial charge is 0.264 e. The van der Waals surface area contributed by atoms with E-state index in [0.29, 0.717) is 0 Å². The van der Waals surface area contributed by atoms with Crippen LogP contribution in [-0.2, 0) is 4.84 Å². The summed E-state index contributed by atoms with van der Waals surface area (Å²) in [7, 11) is 0. The van der Waals surface area contributed by atoms with Crippen molar-refractivity contribution in [2.45, 2.75) is 25.0 Å². The Labute approximate surface area is 162 Å². The molecule has 26 heavy (non-hydrogen) atoms. The van der Waals surface area contributed by atoms with E-state index in [1.807, 2.05) is 0 Å². The third kappa shape index (κ3) is 2.58. The first kappa shape index (κ1) is 16.1. The van der Waals surface area contributed by atoms with E-state index in [1.54, 1.807) is 0 Å². The molecule has 1 saturated carbocycles. The lowest BCUT2D eigenvalue weighted by molar-refractivity contribution is 0.0639. The number of hydrogen-bond donors (Lipinski definition) is 0. The van der Waals surface area contributed by atoms with E-state index >= 15 is 0 Å². The molecule has 0 aromatic heterocycles. The number of hydroxylamine groups is 1. The fraction of sp³-hybridized carbons (Fsp3) is 0.217. The maximum Gasteiger partial charge on any atom is 0.119 e. The maximum atomic E-state index is 6.63. The number of nitrogens with zero attached hydrogens (tertiary/aromatic N) is 1. The molecule has 5 rings (SSSR count). The fourth-order valence-electron chi connectivity index (χ4n) is 4.25. The number of anilines is 1. The van der Waals surface area contributed by atoms with E-state index in [0.717, 1.165) is 10.2 Å². The van der Waals surface area contributed by atoms with Gasteiger partial charge in [-0.25, -0.2) is 5.06 Å². The number of hydrogen-bond acceptors (Lipinski definition) is 2. The molecule has 1 saturated heterocycles. The standard InChI is InChI=1S/C23H20BrNO/c24-19-13-11-17(12-14-19)21-23(15-16-23)22(18-7-3-1-4-8-18)26-25(21)20-9-5-2-6-10-20/h1-14,21-22H,15-16H2/t21-,22+/m0/s1. The molecular weight excluding hydrogens is 386 g/mol. The third-order valence-electron chi connectivity index (χ3n) is 5.65. The van der Waals surface area contributed by atoms with Gasteiger partial charge in [-0.3, -0.25) is 4.84 Å². The van der Waals surface area contributed by atoms with Crippen LogP contribution in [0.15, 0.2) is 89.4 Å². The van der Waals surface area contributed by atoms with Gasteiger partial charge in [-0.2, -0.15) is 0 Å². The first-order valence-corrected chi connectivity index (χ1v) is 9.89. The van der Waals surface area contributed by atoms with Crippen molar-refractivity contribution in [3.63, 3.8) is 0 Å². The molecule has 1 aliphatic heterocycles. The van der Waals surface area contributed by atoms with E-state index in [9.17, 15) is 0 Å². The highest BCUT2D eigenvalue weighted by molar-refractivity contribution is 9.10. The topological polar surface area (TPSA) is 12.5 Å². The molecule has 1 aliphatic carbocycles. The summed E-state index contributed by atoms with van der Waals surface area (Å²) in [4.78, 5) is 6.63. The highest BCUT2D eigenvalue weighted by Gasteiger charge is 2.64. The molecule has 0 amide bonds. The van der Waals surface area contributed by atoms with Crippen LogP contribution in [0.3, 0.4) is 0 Å². The van der Waals surface area contributed by atoms with Crippen LogP contribution < -0.4 is 5.06 Å². The molecule has 0 bridgehead atoms. The van der Waals surface area contributed by atoms with Crippen molar-refractivity contribution >= 4 is 21.6 Å². The van der Waals surface area contributed by atoms with Gasteiger partial charge in [-0.1, -0.05) is 76.6 Å². The SMILES string of the molecule is Brc1ccc([C@@H]2N(c3ccccc3)O[C@H](c3ccccc3)C23CC3)cc1. The van der Waals surface area contributed by atoms with Crippen LogP contribution >= 0.6 is 15.9 Å². The highest BCUT2D eigenvalue weighted by Crippen LogP contribution is 2.70. The van der Waals surface area contributed by atoms with E-state index in [-0.39, 0.29) is 17.6 Å². The Morgan fingerprint density at radius 2 is 1.38 bits per heavy atom. The molecule has 1 spiro atoms. The van der Waals surface area contributed by atoms with Crippen LogP contribution in [0.1, 0.15) is 36.1 Å². The van der Waals surface area contributed by atoms with Crippen molar-refractivity contribution in [3.05, 3.63) is 101 Å². The Balaban J connectivity index is 1.62. The van der Waals surface area contributed by atoms with Gasteiger partial charge in [0.1, 0.15) is 6.10 Å². The van der Waals surface area contributed by atoms with Crippen molar-refractivity contribution < 1.29 is 4.84 Å². The summed E-state index contributed by atoms with van der Waals surface area (Å²) in [6.07, 6.45) is 2.48. The van der Waals surface area contributed by atoms with E-state index in [2.05, 4.69) is 106 Å². The van der Waals surface area contributed by atoms with Gasteiger partial charge in [0.2, 0.25) is 0 Å². The summed E-state index contributed by atoms with van der Waals surface area (Å²) in [5.74, 6) is 0. The quantitative estimate of drug-likeness (QED) is 0.495. The number of halogens is 1. The van der Waals surface area contributed by atoms with Gasteiger partial charge in [0.05, 0.1) is 11.7 Å². The molecule has 3 aromatic rings. The van der Waals surface area contributed by atoms with Gasteiger partial charge >= 0.3 is 0 Å². The van der Waals surface area contributed by atoms with Crippen molar-refractivity contribution in [2.24, 2.45) is 5.41 Å². The van der Waals surface area contributed by atoms with Gasteiger partial charge in [-0.05, 0) is 48.2 Å². The second kappa shape index (κ2) is 6.26. The van der Waals surface area contributed by atoms with Crippen LogP contribution in [0.5, 0.6) is 0 Å². The van der Waals surface area contributed by atoms with Crippen LogP contribution in [0, 0.1) is 5.41 Å². The Hall–Kier alpha value is -2.10. The van der Waals surface area contributed by atoms with Gasteiger partial charge in [-0.15, -0.1) is 0 Å². The minimum absolute atomic E-state index is 0.0950. The van der Waals surface area contributed by atoms with Gasteiger partial charge in [0.15, 0.2) is 0 Å². The molecule has 2 fully saturated rings. The monoisotopic (exact) mass is 405 g/mol. The van der Waals surface area contributed by atoms with E-state index in [4.69, 9.17) is 4.84 Å². The molecule has 3 heteroatoms. The second-order valence-electron chi connectivity index (χ2n) is 7.24. The predicted octanol–water partition coefficient (Wildman–Crippen LogP) is 6.46. The van der Waals surface area contributed by atoms with Crippen molar-refractivity contribution in [2.75, 3.05) is 5.06 Å². The van der Waals surface area contributed by atoms with Crippen molar-refractivity contribution in [1.82, 2.24) is 0 Å². The van der Waals surface area contributed by atoms with Crippen LogP contribution in [0.2, 0.25) is 0 Å². The number of benzene rings is 3. The summed E-state index contributed by atoms with van der Waals surface area (Å²) in [6.45, 7) is 0. The number of para-hydroxylation sites is 1. The summed E-state index contributed by atoms with van der Waals surface area (Å²) in [5, 5.41) is 2.15. The summed E-state index contributed by atoms with van der Waals surface area (Å²) in [5.41, 5.74) is 3.84. The average Bonchev–Trinajstić information content (AvgIpc) is 3.40. The molecule has 2 atom stereocenters. The smallest absolute Gasteiger partial charge is 0.119 e. The second-order valence-corrected chi connectivity index (χ2v) is 8.16. The van der Waals surface area contributed by atoms with E-state index in [1.165, 1.54) is 24.0 Å². The van der Waals surface area contributed by atoms with E-state index < -0.39 is 0 Å². The molecule has 2 aliphatic rings. The minimum atomic E-state index is 0.0950. The van der Waals surface area contributed by atoms with Crippen molar-refractivity contribution in [3.8, 4) is 0 Å². The normalized spacial score (nSPS) is 23.3.